The fourth-order valence-electron chi connectivity index (χ4n) is 4.98. The molecule has 3 aliphatic rings. The third-order valence-electron chi connectivity index (χ3n) is 7.00. The standard InChI is InChI=1S/C24H36O6/c1-5-14(2)24(27)30-21-13-19(28-4)10-16-7-6-15(3)20(23(16)21)9-8-18-11-17(25)12-22(26)29-18/h6-7,10,14-15,17-21,23,25H,5,8-9,11-13H2,1-4H3/t14-,15-,17+,18+,19+,20-,21-,23-/m0/s1. The highest BCUT2D eigenvalue weighted by atomic mass is 16.6. The van der Waals surface area contributed by atoms with Gasteiger partial charge in [-0.1, -0.05) is 39.0 Å². The van der Waals surface area contributed by atoms with Crippen LogP contribution in [-0.4, -0.2) is 48.6 Å². The van der Waals surface area contributed by atoms with E-state index in [0.717, 1.165) is 12.8 Å². The summed E-state index contributed by atoms with van der Waals surface area (Å²) in [5.74, 6) is 0.0970. The Hall–Kier alpha value is -1.66. The lowest BCUT2D eigenvalue weighted by atomic mass is 9.66. The third kappa shape index (κ3) is 5.33. The van der Waals surface area contributed by atoms with Crippen LogP contribution >= 0.6 is 0 Å². The number of hydrogen-bond acceptors (Lipinski definition) is 6. The summed E-state index contributed by atoms with van der Waals surface area (Å²) in [5, 5.41) is 9.91. The molecule has 1 N–H and O–H groups in total. The summed E-state index contributed by atoms with van der Waals surface area (Å²) in [6, 6.07) is 0. The molecule has 1 saturated heterocycles. The van der Waals surface area contributed by atoms with Gasteiger partial charge < -0.3 is 19.3 Å². The van der Waals surface area contributed by atoms with Crippen LogP contribution in [0.1, 0.15) is 59.3 Å². The second-order valence-electron chi connectivity index (χ2n) is 9.15. The number of ether oxygens (including phenoxy) is 3. The molecule has 6 nitrogen and oxygen atoms in total. The largest absolute Gasteiger partial charge is 0.462 e. The summed E-state index contributed by atoms with van der Waals surface area (Å²) in [6.07, 6.45) is 8.87. The van der Waals surface area contributed by atoms with E-state index in [0.29, 0.717) is 25.2 Å². The monoisotopic (exact) mass is 420 g/mol. The maximum atomic E-state index is 12.6. The van der Waals surface area contributed by atoms with Crippen LogP contribution in [0.3, 0.4) is 0 Å². The molecule has 0 saturated carbocycles. The molecular formula is C24H36O6. The first-order valence-corrected chi connectivity index (χ1v) is 11.3. The molecule has 0 spiro atoms. The van der Waals surface area contributed by atoms with Crippen molar-refractivity contribution >= 4 is 11.9 Å². The molecule has 0 amide bonds. The average Bonchev–Trinajstić information content (AvgIpc) is 2.71. The molecule has 1 heterocycles. The Bertz CT molecular complexity index is 683. The van der Waals surface area contributed by atoms with Gasteiger partial charge in [0.2, 0.25) is 0 Å². The number of allylic oxidation sites excluding steroid dienone is 2. The van der Waals surface area contributed by atoms with E-state index in [1.807, 2.05) is 13.8 Å². The molecule has 1 fully saturated rings. The summed E-state index contributed by atoms with van der Waals surface area (Å²) >= 11 is 0. The predicted octanol–water partition coefficient (Wildman–Crippen LogP) is 3.57. The minimum Gasteiger partial charge on any atom is -0.462 e. The first kappa shape index (κ1) is 23.0. The quantitative estimate of drug-likeness (QED) is 0.634. The Labute approximate surface area is 179 Å². The van der Waals surface area contributed by atoms with Gasteiger partial charge in [0, 0.05) is 25.9 Å². The highest BCUT2D eigenvalue weighted by molar-refractivity contribution is 5.72. The van der Waals surface area contributed by atoms with E-state index in [9.17, 15) is 14.7 Å². The van der Waals surface area contributed by atoms with Gasteiger partial charge in [0.15, 0.2) is 0 Å². The van der Waals surface area contributed by atoms with Crippen molar-refractivity contribution in [1.29, 1.82) is 0 Å². The Balaban J connectivity index is 1.77. The van der Waals surface area contributed by atoms with Crippen molar-refractivity contribution in [1.82, 2.24) is 0 Å². The maximum absolute atomic E-state index is 12.6. The van der Waals surface area contributed by atoms with Crippen LogP contribution in [0.5, 0.6) is 0 Å². The van der Waals surface area contributed by atoms with Gasteiger partial charge in [-0.3, -0.25) is 9.59 Å². The number of methoxy groups -OCH3 is 1. The van der Waals surface area contributed by atoms with E-state index >= 15 is 0 Å². The van der Waals surface area contributed by atoms with Crippen molar-refractivity contribution in [2.75, 3.05) is 7.11 Å². The average molecular weight is 421 g/mol. The third-order valence-corrected chi connectivity index (χ3v) is 7.00. The molecule has 2 aliphatic carbocycles. The number of cyclic esters (lactones) is 1. The summed E-state index contributed by atoms with van der Waals surface area (Å²) < 4.78 is 17.1. The van der Waals surface area contributed by atoms with E-state index in [2.05, 4.69) is 25.2 Å². The molecule has 0 aromatic rings. The van der Waals surface area contributed by atoms with Crippen molar-refractivity contribution in [2.45, 2.75) is 83.7 Å². The highest BCUT2D eigenvalue weighted by Crippen LogP contribution is 2.44. The normalized spacial score (nSPS) is 37.0. The Kier molecular flexibility index (Phi) is 7.75. The topological polar surface area (TPSA) is 82.1 Å². The Morgan fingerprint density at radius 1 is 1.33 bits per heavy atom. The van der Waals surface area contributed by atoms with E-state index in [4.69, 9.17) is 14.2 Å². The Morgan fingerprint density at radius 3 is 2.77 bits per heavy atom. The SMILES string of the molecule is CC[C@H](C)C(=O)O[C@H]1C[C@H](OC)C=C2C=C[C@H](C)[C@H](CC[C@@H]3C[C@@H](O)CC(=O)O3)[C@H]21. The number of carbonyl (C=O) groups is 2. The molecule has 1 aliphatic heterocycles. The minimum atomic E-state index is -0.614. The fourth-order valence-corrected chi connectivity index (χ4v) is 4.98. The Morgan fingerprint density at radius 2 is 2.10 bits per heavy atom. The van der Waals surface area contributed by atoms with Gasteiger partial charge in [-0.2, -0.15) is 0 Å². The summed E-state index contributed by atoms with van der Waals surface area (Å²) in [7, 11) is 1.69. The van der Waals surface area contributed by atoms with Crippen LogP contribution in [0.2, 0.25) is 0 Å². The van der Waals surface area contributed by atoms with Crippen LogP contribution in [0.25, 0.3) is 0 Å². The molecule has 168 valence electrons. The maximum Gasteiger partial charge on any atom is 0.308 e. The molecular weight excluding hydrogens is 384 g/mol. The van der Waals surface area contributed by atoms with Crippen molar-refractivity contribution < 1.29 is 28.9 Å². The van der Waals surface area contributed by atoms with Crippen LogP contribution < -0.4 is 0 Å². The van der Waals surface area contributed by atoms with E-state index < -0.39 is 6.10 Å². The number of esters is 2. The number of aliphatic hydroxyl groups excluding tert-OH is 1. The van der Waals surface area contributed by atoms with Crippen molar-refractivity contribution in [3.63, 3.8) is 0 Å². The van der Waals surface area contributed by atoms with Gasteiger partial charge in [0.05, 0.1) is 24.5 Å². The molecule has 30 heavy (non-hydrogen) atoms. The van der Waals surface area contributed by atoms with E-state index in [1.165, 1.54) is 5.57 Å². The van der Waals surface area contributed by atoms with Crippen LogP contribution in [-0.2, 0) is 23.8 Å². The second-order valence-corrected chi connectivity index (χ2v) is 9.15. The van der Waals surface area contributed by atoms with Gasteiger partial charge in [-0.05, 0) is 36.7 Å². The first-order chi connectivity index (χ1) is 14.3. The molecule has 0 aromatic heterocycles. The van der Waals surface area contributed by atoms with E-state index in [-0.39, 0.29) is 54.4 Å². The van der Waals surface area contributed by atoms with Crippen molar-refractivity contribution in [3.05, 3.63) is 23.8 Å². The zero-order valence-electron chi connectivity index (χ0n) is 18.6. The zero-order valence-corrected chi connectivity index (χ0v) is 18.6. The van der Waals surface area contributed by atoms with Gasteiger partial charge in [0.1, 0.15) is 12.2 Å². The fraction of sp³-hybridized carbons (Fsp3) is 0.750. The summed E-state index contributed by atoms with van der Waals surface area (Å²) in [4.78, 5) is 24.3. The molecule has 0 aromatic carbocycles. The van der Waals surface area contributed by atoms with Gasteiger partial charge in [0.25, 0.3) is 0 Å². The van der Waals surface area contributed by atoms with Crippen LogP contribution in [0.15, 0.2) is 23.8 Å². The number of fused-ring (bicyclic) bond motifs is 1. The van der Waals surface area contributed by atoms with Crippen LogP contribution in [0.4, 0.5) is 0 Å². The van der Waals surface area contributed by atoms with Crippen molar-refractivity contribution in [2.24, 2.45) is 23.7 Å². The van der Waals surface area contributed by atoms with E-state index in [1.54, 1.807) is 7.11 Å². The van der Waals surface area contributed by atoms with Gasteiger partial charge in [-0.25, -0.2) is 0 Å². The van der Waals surface area contributed by atoms with Gasteiger partial charge in [-0.15, -0.1) is 0 Å². The van der Waals surface area contributed by atoms with Crippen LogP contribution in [0, 0.1) is 23.7 Å². The minimum absolute atomic E-state index is 0.0702. The number of hydrogen-bond donors (Lipinski definition) is 1. The molecule has 0 bridgehead atoms. The van der Waals surface area contributed by atoms with Crippen molar-refractivity contribution in [3.8, 4) is 0 Å². The predicted molar refractivity (Wildman–Crippen MR) is 112 cm³/mol. The van der Waals surface area contributed by atoms with Gasteiger partial charge >= 0.3 is 11.9 Å². The lowest BCUT2D eigenvalue weighted by Gasteiger charge is -2.43. The number of aliphatic hydroxyl groups is 1. The first-order valence-electron chi connectivity index (χ1n) is 11.3. The zero-order chi connectivity index (χ0) is 21.8. The molecule has 6 heteroatoms. The molecule has 0 unspecified atom stereocenters. The lowest BCUT2D eigenvalue weighted by molar-refractivity contribution is -0.163. The summed E-state index contributed by atoms with van der Waals surface area (Å²) in [5.41, 5.74) is 1.17. The molecule has 0 radical (unpaired) electrons. The molecule has 3 rings (SSSR count). The lowest BCUT2D eigenvalue weighted by Crippen LogP contribution is -2.43. The smallest absolute Gasteiger partial charge is 0.308 e. The number of carbonyl (C=O) groups excluding carboxylic acids is 2. The number of rotatable bonds is 7. The summed E-state index contributed by atoms with van der Waals surface area (Å²) in [6.45, 7) is 6.08. The molecule has 8 atom stereocenters. The highest BCUT2D eigenvalue weighted by Gasteiger charge is 2.43. The second kappa shape index (κ2) is 10.1.